The number of nitrogens with zero attached hydrogens (tertiary/aromatic N) is 3. The molecule has 0 saturated carbocycles. The number of aryl methyl sites for hydroxylation is 1. The SMILES string of the molecule is Cc1csc(SCC(=O)N2CCC(c3ccccc3)=N2)n1. The van der Waals surface area contributed by atoms with Crippen LogP contribution in [0, 0.1) is 6.92 Å². The van der Waals surface area contributed by atoms with Gasteiger partial charge < -0.3 is 0 Å². The highest BCUT2D eigenvalue weighted by Crippen LogP contribution is 2.23. The van der Waals surface area contributed by atoms with Crippen LogP contribution in [-0.4, -0.2) is 33.9 Å². The highest BCUT2D eigenvalue weighted by atomic mass is 32.2. The second-order valence-electron chi connectivity index (χ2n) is 4.72. The van der Waals surface area contributed by atoms with Crippen molar-refractivity contribution in [3.05, 3.63) is 47.0 Å². The average molecular weight is 317 g/mol. The van der Waals surface area contributed by atoms with Crippen LogP contribution in [0.5, 0.6) is 0 Å². The Kier molecular flexibility index (Phi) is 4.36. The highest BCUT2D eigenvalue weighted by molar-refractivity contribution is 8.01. The molecule has 3 rings (SSSR count). The molecule has 2 aromatic rings. The van der Waals surface area contributed by atoms with Crippen molar-refractivity contribution in [1.82, 2.24) is 9.99 Å². The van der Waals surface area contributed by atoms with Gasteiger partial charge in [-0.1, -0.05) is 42.1 Å². The minimum Gasteiger partial charge on any atom is -0.272 e. The van der Waals surface area contributed by atoms with Crippen LogP contribution in [0.25, 0.3) is 0 Å². The minimum absolute atomic E-state index is 0.0405. The van der Waals surface area contributed by atoms with Crippen LogP contribution in [0.4, 0.5) is 0 Å². The molecule has 1 aliphatic rings. The van der Waals surface area contributed by atoms with Crippen molar-refractivity contribution in [3.63, 3.8) is 0 Å². The summed E-state index contributed by atoms with van der Waals surface area (Å²) in [5.74, 6) is 0.428. The number of amides is 1. The third-order valence-corrected chi connectivity index (χ3v) is 5.24. The van der Waals surface area contributed by atoms with Gasteiger partial charge in [0.05, 0.1) is 18.0 Å². The summed E-state index contributed by atoms with van der Waals surface area (Å²) in [4.78, 5) is 16.5. The summed E-state index contributed by atoms with van der Waals surface area (Å²) < 4.78 is 0.937. The normalized spacial score (nSPS) is 14.3. The van der Waals surface area contributed by atoms with Crippen LogP contribution in [0.1, 0.15) is 17.7 Å². The predicted molar refractivity (Wildman–Crippen MR) is 86.9 cm³/mol. The molecular formula is C15H15N3OS2. The number of rotatable bonds is 4. The number of carbonyl (C=O) groups excluding carboxylic acids is 1. The Balaban J connectivity index is 1.60. The summed E-state index contributed by atoms with van der Waals surface area (Å²) in [6.45, 7) is 2.62. The van der Waals surface area contributed by atoms with E-state index in [9.17, 15) is 4.79 Å². The van der Waals surface area contributed by atoms with Gasteiger partial charge >= 0.3 is 0 Å². The van der Waals surface area contributed by atoms with Crippen molar-refractivity contribution in [2.75, 3.05) is 12.3 Å². The highest BCUT2D eigenvalue weighted by Gasteiger charge is 2.21. The largest absolute Gasteiger partial charge is 0.272 e. The van der Waals surface area contributed by atoms with E-state index < -0.39 is 0 Å². The maximum absolute atomic E-state index is 12.2. The van der Waals surface area contributed by atoms with Crippen LogP contribution >= 0.6 is 23.1 Å². The van der Waals surface area contributed by atoms with E-state index in [4.69, 9.17) is 0 Å². The summed E-state index contributed by atoms with van der Waals surface area (Å²) in [7, 11) is 0. The average Bonchev–Trinajstić information content (AvgIpc) is 3.15. The number of hydrogen-bond donors (Lipinski definition) is 0. The number of thioether (sulfide) groups is 1. The Bertz CT molecular complexity index is 667. The number of carbonyl (C=O) groups is 1. The lowest BCUT2D eigenvalue weighted by Gasteiger charge is -2.09. The van der Waals surface area contributed by atoms with E-state index in [1.165, 1.54) is 11.8 Å². The topological polar surface area (TPSA) is 45.6 Å². The predicted octanol–water partition coefficient (Wildman–Crippen LogP) is 3.18. The van der Waals surface area contributed by atoms with Crippen molar-refractivity contribution in [2.24, 2.45) is 5.10 Å². The van der Waals surface area contributed by atoms with E-state index in [0.717, 1.165) is 27.7 Å². The van der Waals surface area contributed by atoms with Crippen molar-refractivity contribution >= 4 is 34.7 Å². The zero-order valence-electron chi connectivity index (χ0n) is 11.7. The van der Waals surface area contributed by atoms with Crippen LogP contribution in [0.3, 0.4) is 0 Å². The zero-order valence-corrected chi connectivity index (χ0v) is 13.3. The number of hydrazone groups is 1. The molecule has 21 heavy (non-hydrogen) atoms. The molecule has 0 unspecified atom stereocenters. The van der Waals surface area contributed by atoms with Crippen LogP contribution < -0.4 is 0 Å². The summed E-state index contributed by atoms with van der Waals surface area (Å²) >= 11 is 3.06. The molecule has 0 radical (unpaired) electrons. The Morgan fingerprint density at radius 3 is 2.90 bits per heavy atom. The van der Waals surface area contributed by atoms with E-state index in [-0.39, 0.29) is 5.91 Å². The molecule has 1 aromatic carbocycles. The lowest BCUT2D eigenvalue weighted by Crippen LogP contribution is -2.25. The maximum Gasteiger partial charge on any atom is 0.253 e. The van der Waals surface area contributed by atoms with Gasteiger partial charge in [-0.3, -0.25) is 4.79 Å². The fraction of sp³-hybridized carbons (Fsp3) is 0.267. The molecule has 1 aromatic heterocycles. The van der Waals surface area contributed by atoms with E-state index in [2.05, 4.69) is 10.1 Å². The smallest absolute Gasteiger partial charge is 0.253 e. The summed E-state index contributed by atoms with van der Waals surface area (Å²) in [6.07, 6.45) is 0.816. The van der Waals surface area contributed by atoms with Crippen LogP contribution in [0.2, 0.25) is 0 Å². The first-order valence-corrected chi connectivity index (χ1v) is 8.57. The van der Waals surface area contributed by atoms with Crippen LogP contribution in [0.15, 0.2) is 45.2 Å². The van der Waals surface area contributed by atoms with Crippen LogP contribution in [-0.2, 0) is 4.79 Å². The van der Waals surface area contributed by atoms with Crippen molar-refractivity contribution in [2.45, 2.75) is 17.7 Å². The van der Waals surface area contributed by atoms with Gasteiger partial charge in [-0.25, -0.2) is 9.99 Å². The number of thiazole rings is 1. The quantitative estimate of drug-likeness (QED) is 0.814. The Morgan fingerprint density at radius 2 is 2.19 bits per heavy atom. The minimum atomic E-state index is 0.0405. The molecule has 0 atom stereocenters. The van der Waals surface area contributed by atoms with Gasteiger partial charge in [0.2, 0.25) is 0 Å². The zero-order chi connectivity index (χ0) is 14.7. The monoisotopic (exact) mass is 317 g/mol. The molecule has 6 heteroatoms. The molecule has 4 nitrogen and oxygen atoms in total. The first-order valence-electron chi connectivity index (χ1n) is 6.70. The van der Waals surface area contributed by atoms with E-state index in [0.29, 0.717) is 12.3 Å². The summed E-state index contributed by atoms with van der Waals surface area (Å²) in [6, 6.07) is 10.0. The Labute approximate surface area is 131 Å². The van der Waals surface area contributed by atoms with Gasteiger partial charge in [-0.05, 0) is 12.5 Å². The number of benzene rings is 1. The van der Waals surface area contributed by atoms with Crippen molar-refractivity contribution < 1.29 is 4.79 Å². The van der Waals surface area contributed by atoms with Gasteiger partial charge in [0, 0.05) is 17.5 Å². The third kappa shape index (κ3) is 3.51. The van der Waals surface area contributed by atoms with Gasteiger partial charge in [0.25, 0.3) is 5.91 Å². The lowest BCUT2D eigenvalue weighted by atomic mass is 10.1. The van der Waals surface area contributed by atoms with E-state index in [1.807, 2.05) is 42.6 Å². The van der Waals surface area contributed by atoms with Gasteiger partial charge in [0.1, 0.15) is 0 Å². The molecule has 1 aliphatic heterocycles. The fourth-order valence-corrected chi connectivity index (χ4v) is 3.79. The first kappa shape index (κ1) is 14.3. The van der Waals surface area contributed by atoms with Crippen molar-refractivity contribution in [3.8, 4) is 0 Å². The molecule has 0 aliphatic carbocycles. The Hall–Kier alpha value is -1.66. The van der Waals surface area contributed by atoms with E-state index in [1.54, 1.807) is 16.3 Å². The van der Waals surface area contributed by atoms with E-state index >= 15 is 0 Å². The molecule has 0 spiro atoms. The molecule has 2 heterocycles. The van der Waals surface area contributed by atoms with Gasteiger partial charge in [0.15, 0.2) is 4.34 Å². The van der Waals surface area contributed by atoms with Crippen molar-refractivity contribution in [1.29, 1.82) is 0 Å². The molecule has 0 saturated heterocycles. The molecule has 0 fully saturated rings. The fourth-order valence-electron chi connectivity index (χ4n) is 2.07. The molecule has 0 bridgehead atoms. The second kappa shape index (κ2) is 6.41. The van der Waals surface area contributed by atoms with Gasteiger partial charge in [-0.15, -0.1) is 11.3 Å². The maximum atomic E-state index is 12.2. The van der Waals surface area contributed by atoms with Gasteiger partial charge in [-0.2, -0.15) is 5.10 Å². The first-order chi connectivity index (χ1) is 10.2. The number of aromatic nitrogens is 1. The lowest BCUT2D eigenvalue weighted by molar-refractivity contribution is -0.127. The Morgan fingerprint density at radius 1 is 1.38 bits per heavy atom. The third-order valence-electron chi connectivity index (χ3n) is 3.11. The summed E-state index contributed by atoms with van der Waals surface area (Å²) in [5, 5.41) is 8.02. The molecule has 108 valence electrons. The molecule has 0 N–H and O–H groups in total. The summed E-state index contributed by atoms with van der Waals surface area (Å²) in [5.41, 5.74) is 3.08. The molecule has 1 amide bonds. The molecular weight excluding hydrogens is 302 g/mol. The second-order valence-corrected chi connectivity index (χ2v) is 6.80. The number of hydrogen-bond acceptors (Lipinski definition) is 5. The standard InChI is InChI=1S/C15H15N3OS2/c1-11-9-20-15(16-11)21-10-14(19)18-8-7-13(17-18)12-5-3-2-4-6-12/h2-6,9H,7-8,10H2,1H3.